The molecule has 2 aliphatic rings. The zero-order chi connectivity index (χ0) is 14.3. The molecule has 1 amide bonds. The summed E-state index contributed by atoms with van der Waals surface area (Å²) in [6.45, 7) is 4.26. The first-order chi connectivity index (χ1) is 9.74. The molecular weight excluding hydrogens is 252 g/mol. The molecule has 0 atom stereocenters. The van der Waals surface area contributed by atoms with Gasteiger partial charge in [-0.2, -0.15) is 5.26 Å². The van der Waals surface area contributed by atoms with Gasteiger partial charge >= 0.3 is 0 Å². The smallest absolute Gasteiger partial charge is 0.235 e. The molecule has 1 aliphatic heterocycles. The summed E-state index contributed by atoms with van der Waals surface area (Å²) in [7, 11) is 0. The van der Waals surface area contributed by atoms with Crippen LogP contribution in [0.3, 0.4) is 0 Å². The van der Waals surface area contributed by atoms with Crippen LogP contribution in [0, 0.1) is 11.3 Å². The number of nitrogens with one attached hydrogen (secondary N) is 2. The summed E-state index contributed by atoms with van der Waals surface area (Å²) in [5, 5.41) is 15.8. The van der Waals surface area contributed by atoms with Gasteiger partial charge in [0.05, 0.1) is 12.6 Å². The fraction of sp³-hybridized carbons (Fsp3) is 0.867. The predicted molar refractivity (Wildman–Crippen MR) is 78.1 cm³/mol. The molecule has 1 saturated heterocycles. The Bertz CT molecular complexity index is 347. The SMILES string of the molecule is N#CC1(NC(=O)CN2CCCNCC2)CCCCCC1. The number of nitrogens with zero attached hydrogens (tertiary/aromatic N) is 2. The zero-order valence-corrected chi connectivity index (χ0v) is 12.3. The molecule has 0 radical (unpaired) electrons. The average Bonchev–Trinajstić information content (AvgIpc) is 2.82. The van der Waals surface area contributed by atoms with Gasteiger partial charge in [-0.3, -0.25) is 9.69 Å². The first-order valence-corrected chi connectivity index (χ1v) is 7.89. The normalized spacial score (nSPS) is 24.1. The number of rotatable bonds is 3. The third-order valence-corrected chi connectivity index (χ3v) is 4.35. The molecule has 0 aromatic carbocycles. The van der Waals surface area contributed by atoms with Crippen LogP contribution >= 0.6 is 0 Å². The van der Waals surface area contributed by atoms with Crippen molar-refractivity contribution in [2.24, 2.45) is 0 Å². The quantitative estimate of drug-likeness (QED) is 0.756. The molecule has 20 heavy (non-hydrogen) atoms. The van der Waals surface area contributed by atoms with Crippen LogP contribution in [0.2, 0.25) is 0 Å². The van der Waals surface area contributed by atoms with Gasteiger partial charge in [0.2, 0.25) is 5.91 Å². The van der Waals surface area contributed by atoms with Crippen molar-refractivity contribution in [3.8, 4) is 6.07 Å². The molecule has 1 heterocycles. The van der Waals surface area contributed by atoms with Gasteiger partial charge in [-0.1, -0.05) is 25.7 Å². The Morgan fingerprint density at radius 1 is 1.15 bits per heavy atom. The average molecular weight is 278 g/mol. The Kier molecular flexibility index (Phi) is 5.81. The van der Waals surface area contributed by atoms with E-state index in [4.69, 9.17) is 0 Å². The summed E-state index contributed by atoms with van der Waals surface area (Å²) in [6.07, 6.45) is 7.13. The highest BCUT2D eigenvalue weighted by Gasteiger charge is 2.32. The van der Waals surface area contributed by atoms with Gasteiger partial charge in [0.1, 0.15) is 5.54 Å². The van der Waals surface area contributed by atoms with Gasteiger partial charge < -0.3 is 10.6 Å². The first-order valence-electron chi connectivity index (χ1n) is 7.89. The molecule has 0 unspecified atom stereocenters. The molecular formula is C15H26N4O. The molecule has 112 valence electrons. The van der Waals surface area contributed by atoms with E-state index < -0.39 is 5.54 Å². The molecule has 1 aliphatic carbocycles. The van der Waals surface area contributed by atoms with Crippen LogP contribution in [-0.2, 0) is 4.79 Å². The van der Waals surface area contributed by atoms with E-state index in [1.54, 1.807) is 0 Å². The third kappa shape index (κ3) is 4.46. The van der Waals surface area contributed by atoms with Crippen molar-refractivity contribution < 1.29 is 4.79 Å². The second kappa shape index (κ2) is 7.61. The van der Waals surface area contributed by atoms with E-state index in [9.17, 15) is 10.1 Å². The van der Waals surface area contributed by atoms with Crippen LogP contribution in [0.15, 0.2) is 0 Å². The van der Waals surface area contributed by atoms with Crippen LogP contribution in [0.25, 0.3) is 0 Å². The molecule has 2 N–H and O–H groups in total. The van der Waals surface area contributed by atoms with Crippen molar-refractivity contribution in [3.63, 3.8) is 0 Å². The summed E-state index contributed by atoms with van der Waals surface area (Å²) in [4.78, 5) is 14.4. The van der Waals surface area contributed by atoms with Gasteiger partial charge in [0, 0.05) is 13.1 Å². The van der Waals surface area contributed by atoms with Crippen molar-refractivity contribution in [2.75, 3.05) is 32.7 Å². The van der Waals surface area contributed by atoms with Gasteiger partial charge in [0.25, 0.3) is 0 Å². The highest BCUT2D eigenvalue weighted by molar-refractivity contribution is 5.79. The van der Waals surface area contributed by atoms with Crippen LogP contribution in [0.5, 0.6) is 0 Å². The number of amides is 1. The molecule has 5 nitrogen and oxygen atoms in total. The minimum absolute atomic E-state index is 0.00958. The van der Waals surface area contributed by atoms with Crippen molar-refractivity contribution >= 4 is 5.91 Å². The van der Waals surface area contributed by atoms with Crippen LogP contribution in [-0.4, -0.2) is 49.1 Å². The molecule has 1 saturated carbocycles. The van der Waals surface area contributed by atoms with Gasteiger partial charge in [0.15, 0.2) is 0 Å². The van der Waals surface area contributed by atoms with E-state index in [-0.39, 0.29) is 5.91 Å². The second-order valence-corrected chi connectivity index (χ2v) is 6.04. The first kappa shape index (κ1) is 15.3. The van der Waals surface area contributed by atoms with Crippen molar-refractivity contribution in [2.45, 2.75) is 50.5 Å². The van der Waals surface area contributed by atoms with E-state index in [1.165, 1.54) is 12.8 Å². The minimum Gasteiger partial charge on any atom is -0.337 e. The van der Waals surface area contributed by atoms with E-state index >= 15 is 0 Å². The molecule has 2 rings (SSSR count). The van der Waals surface area contributed by atoms with Crippen LogP contribution in [0.1, 0.15) is 44.9 Å². The van der Waals surface area contributed by atoms with Crippen molar-refractivity contribution in [1.29, 1.82) is 5.26 Å². The van der Waals surface area contributed by atoms with Gasteiger partial charge in [-0.15, -0.1) is 0 Å². The van der Waals surface area contributed by atoms with Crippen LogP contribution in [0.4, 0.5) is 0 Å². The maximum atomic E-state index is 12.2. The lowest BCUT2D eigenvalue weighted by molar-refractivity contribution is -0.123. The Balaban J connectivity index is 1.86. The maximum Gasteiger partial charge on any atom is 0.235 e. The number of carbonyl (C=O) groups is 1. The Morgan fingerprint density at radius 2 is 1.90 bits per heavy atom. The molecule has 0 aromatic heterocycles. The zero-order valence-electron chi connectivity index (χ0n) is 12.3. The lowest BCUT2D eigenvalue weighted by Crippen LogP contribution is -2.50. The molecule has 0 bridgehead atoms. The van der Waals surface area contributed by atoms with Crippen molar-refractivity contribution in [1.82, 2.24) is 15.5 Å². The Morgan fingerprint density at radius 3 is 2.60 bits per heavy atom. The van der Waals surface area contributed by atoms with E-state index in [0.29, 0.717) is 6.54 Å². The number of hydrogen-bond donors (Lipinski definition) is 2. The largest absolute Gasteiger partial charge is 0.337 e. The number of hydrogen-bond acceptors (Lipinski definition) is 4. The third-order valence-electron chi connectivity index (χ3n) is 4.35. The standard InChI is InChI=1S/C15H26N4O/c16-13-15(6-3-1-2-4-7-15)18-14(20)12-19-10-5-8-17-9-11-19/h17H,1-12H2,(H,18,20). The molecule has 5 heteroatoms. The second-order valence-electron chi connectivity index (χ2n) is 6.04. The minimum atomic E-state index is -0.613. The summed E-state index contributed by atoms with van der Waals surface area (Å²) in [6, 6.07) is 2.38. The molecule has 0 spiro atoms. The van der Waals surface area contributed by atoms with E-state index in [2.05, 4.69) is 21.6 Å². The molecule has 2 fully saturated rings. The highest BCUT2D eigenvalue weighted by atomic mass is 16.2. The monoisotopic (exact) mass is 278 g/mol. The van der Waals surface area contributed by atoms with Crippen LogP contribution < -0.4 is 10.6 Å². The van der Waals surface area contributed by atoms with Crippen molar-refractivity contribution in [3.05, 3.63) is 0 Å². The maximum absolute atomic E-state index is 12.2. The van der Waals surface area contributed by atoms with E-state index in [0.717, 1.165) is 58.3 Å². The van der Waals surface area contributed by atoms with Gasteiger partial charge in [-0.05, 0) is 32.4 Å². The lowest BCUT2D eigenvalue weighted by atomic mass is 9.92. The summed E-state index contributed by atoms with van der Waals surface area (Å²) >= 11 is 0. The highest BCUT2D eigenvalue weighted by Crippen LogP contribution is 2.26. The number of carbonyl (C=O) groups excluding carboxylic acids is 1. The summed E-state index contributed by atoms with van der Waals surface area (Å²) in [5.74, 6) is 0.00958. The summed E-state index contributed by atoms with van der Waals surface area (Å²) in [5.41, 5.74) is -0.613. The Hall–Kier alpha value is -1.12. The number of nitriles is 1. The fourth-order valence-electron chi connectivity index (χ4n) is 3.17. The van der Waals surface area contributed by atoms with E-state index in [1.807, 2.05) is 0 Å². The predicted octanol–water partition coefficient (Wildman–Crippen LogP) is 1.01. The topological polar surface area (TPSA) is 68.2 Å². The van der Waals surface area contributed by atoms with Gasteiger partial charge in [-0.25, -0.2) is 0 Å². The summed E-state index contributed by atoms with van der Waals surface area (Å²) < 4.78 is 0. The molecule has 0 aromatic rings. The fourth-order valence-corrected chi connectivity index (χ4v) is 3.17. The Labute approximate surface area is 121 Å². The lowest BCUT2D eigenvalue weighted by Gasteiger charge is -2.28.